The molecule has 0 radical (unpaired) electrons. The highest BCUT2D eigenvalue weighted by Gasteiger charge is 2.18. The second-order valence-electron chi connectivity index (χ2n) is 6.01. The Morgan fingerprint density at radius 1 is 0.962 bits per heavy atom. The first-order chi connectivity index (χ1) is 12.6. The molecule has 0 heterocycles. The zero-order valence-corrected chi connectivity index (χ0v) is 15.2. The lowest BCUT2D eigenvalue weighted by Gasteiger charge is -2.21. The van der Waals surface area contributed by atoms with Crippen LogP contribution in [0.5, 0.6) is 5.75 Å². The van der Waals surface area contributed by atoms with Crippen LogP contribution in [0, 0.1) is 6.92 Å². The molecule has 0 aliphatic rings. The van der Waals surface area contributed by atoms with E-state index in [-0.39, 0.29) is 18.6 Å². The van der Waals surface area contributed by atoms with Crippen LogP contribution in [0.1, 0.15) is 22.7 Å². The monoisotopic (exact) mass is 365 g/mol. The van der Waals surface area contributed by atoms with Crippen LogP contribution in [0.25, 0.3) is 0 Å². The van der Waals surface area contributed by atoms with Crippen LogP contribution in [-0.4, -0.2) is 12.5 Å². The molecule has 3 aromatic carbocycles. The highest BCUT2D eigenvalue weighted by molar-refractivity contribution is 6.30. The summed E-state index contributed by atoms with van der Waals surface area (Å²) in [6.07, 6.45) is 0. The number of halogens is 1. The Kier molecular flexibility index (Phi) is 5.92. The number of benzene rings is 3. The number of aryl methyl sites for hydroxylation is 1. The first-order valence-corrected chi connectivity index (χ1v) is 8.79. The van der Waals surface area contributed by atoms with E-state index >= 15 is 0 Å². The number of ether oxygens (including phenoxy) is 1. The smallest absolute Gasteiger partial charge is 0.258 e. The average Bonchev–Trinajstić information content (AvgIpc) is 2.67. The first kappa shape index (κ1) is 18.0. The van der Waals surface area contributed by atoms with Gasteiger partial charge in [-0.3, -0.25) is 4.79 Å². The fraction of sp³-hybridized carbons (Fsp3) is 0.136. The van der Waals surface area contributed by atoms with Crippen LogP contribution in [-0.2, 0) is 4.79 Å². The van der Waals surface area contributed by atoms with Crippen LogP contribution in [0.4, 0.5) is 0 Å². The number of hydrogen-bond donors (Lipinski definition) is 1. The van der Waals surface area contributed by atoms with Gasteiger partial charge in [-0.1, -0.05) is 66.2 Å². The highest BCUT2D eigenvalue weighted by Crippen LogP contribution is 2.24. The van der Waals surface area contributed by atoms with Crippen molar-refractivity contribution < 1.29 is 9.53 Å². The molecule has 0 saturated carbocycles. The van der Waals surface area contributed by atoms with Crippen molar-refractivity contribution in [2.24, 2.45) is 0 Å². The molecule has 132 valence electrons. The molecule has 0 aromatic heterocycles. The standard InChI is InChI=1S/C22H20ClNO2/c1-16-7-5-6-10-20(16)22(17-8-3-2-4-9-17)24-21(25)15-26-19-13-11-18(23)12-14-19/h2-14,22H,15H2,1H3,(H,24,25)/t22-/m1/s1. The zero-order valence-electron chi connectivity index (χ0n) is 14.5. The molecule has 4 heteroatoms. The quantitative estimate of drug-likeness (QED) is 0.672. The van der Waals surface area contributed by atoms with E-state index in [0.717, 1.165) is 16.7 Å². The van der Waals surface area contributed by atoms with E-state index in [1.54, 1.807) is 24.3 Å². The Morgan fingerprint density at radius 2 is 1.62 bits per heavy atom. The molecular formula is C22H20ClNO2. The van der Waals surface area contributed by atoms with Gasteiger partial charge in [-0.2, -0.15) is 0 Å². The van der Waals surface area contributed by atoms with Crippen molar-refractivity contribution in [3.63, 3.8) is 0 Å². The lowest BCUT2D eigenvalue weighted by atomic mass is 9.95. The summed E-state index contributed by atoms with van der Waals surface area (Å²) in [5.41, 5.74) is 3.22. The van der Waals surface area contributed by atoms with Gasteiger partial charge in [-0.25, -0.2) is 0 Å². The first-order valence-electron chi connectivity index (χ1n) is 8.41. The molecule has 3 aromatic rings. The maximum absolute atomic E-state index is 12.5. The van der Waals surface area contributed by atoms with Crippen molar-refractivity contribution in [3.05, 3.63) is 101 Å². The molecule has 3 nitrogen and oxygen atoms in total. The second kappa shape index (κ2) is 8.54. The molecule has 0 bridgehead atoms. The van der Waals surface area contributed by atoms with E-state index < -0.39 is 0 Å². The van der Waals surface area contributed by atoms with E-state index in [0.29, 0.717) is 10.8 Å². The summed E-state index contributed by atoms with van der Waals surface area (Å²) in [6.45, 7) is 1.98. The minimum atomic E-state index is -0.223. The number of nitrogens with one attached hydrogen (secondary N) is 1. The van der Waals surface area contributed by atoms with Crippen molar-refractivity contribution in [2.75, 3.05) is 6.61 Å². The summed E-state index contributed by atoms with van der Waals surface area (Å²) in [5.74, 6) is 0.425. The fourth-order valence-electron chi connectivity index (χ4n) is 2.78. The number of amides is 1. The second-order valence-corrected chi connectivity index (χ2v) is 6.45. The summed E-state index contributed by atoms with van der Waals surface area (Å²) in [4.78, 5) is 12.5. The largest absolute Gasteiger partial charge is 0.484 e. The maximum Gasteiger partial charge on any atom is 0.258 e. The van der Waals surface area contributed by atoms with Crippen molar-refractivity contribution in [2.45, 2.75) is 13.0 Å². The van der Waals surface area contributed by atoms with Crippen LogP contribution in [0.15, 0.2) is 78.9 Å². The van der Waals surface area contributed by atoms with Crippen molar-refractivity contribution in [1.82, 2.24) is 5.32 Å². The van der Waals surface area contributed by atoms with Crippen LogP contribution >= 0.6 is 11.6 Å². The van der Waals surface area contributed by atoms with Gasteiger partial charge in [0.2, 0.25) is 0 Å². The minimum Gasteiger partial charge on any atom is -0.484 e. The van der Waals surface area contributed by atoms with Gasteiger partial charge in [0.1, 0.15) is 5.75 Å². The Bertz CT molecular complexity index is 863. The number of carbonyl (C=O) groups is 1. The molecule has 0 unspecified atom stereocenters. The van der Waals surface area contributed by atoms with E-state index in [1.807, 2.05) is 61.5 Å². The van der Waals surface area contributed by atoms with E-state index in [4.69, 9.17) is 16.3 Å². The summed E-state index contributed by atoms with van der Waals surface area (Å²) in [7, 11) is 0. The number of carbonyl (C=O) groups excluding carboxylic acids is 1. The Morgan fingerprint density at radius 3 is 2.31 bits per heavy atom. The molecule has 0 spiro atoms. The van der Waals surface area contributed by atoms with Gasteiger partial charge in [0.25, 0.3) is 5.91 Å². The molecule has 1 N–H and O–H groups in total. The Labute approximate surface area is 158 Å². The molecule has 26 heavy (non-hydrogen) atoms. The summed E-state index contributed by atoms with van der Waals surface area (Å²) in [5, 5.41) is 3.71. The molecule has 1 atom stereocenters. The van der Waals surface area contributed by atoms with Gasteiger partial charge in [-0.05, 0) is 47.9 Å². The summed E-state index contributed by atoms with van der Waals surface area (Å²) >= 11 is 5.86. The van der Waals surface area contributed by atoms with Crippen molar-refractivity contribution >= 4 is 17.5 Å². The molecule has 0 aliphatic heterocycles. The van der Waals surface area contributed by atoms with Crippen LogP contribution < -0.4 is 10.1 Å². The van der Waals surface area contributed by atoms with Crippen molar-refractivity contribution in [3.8, 4) is 5.75 Å². The van der Waals surface area contributed by atoms with Gasteiger partial charge < -0.3 is 10.1 Å². The predicted octanol–water partition coefficient (Wildman–Crippen LogP) is 4.93. The van der Waals surface area contributed by atoms with Gasteiger partial charge in [-0.15, -0.1) is 0 Å². The molecule has 0 saturated heterocycles. The molecule has 3 rings (SSSR count). The molecule has 0 fully saturated rings. The third-order valence-electron chi connectivity index (χ3n) is 4.12. The lowest BCUT2D eigenvalue weighted by molar-refractivity contribution is -0.123. The van der Waals surface area contributed by atoms with Crippen LogP contribution in [0.3, 0.4) is 0 Å². The van der Waals surface area contributed by atoms with Gasteiger partial charge in [0, 0.05) is 5.02 Å². The highest BCUT2D eigenvalue weighted by atomic mass is 35.5. The van der Waals surface area contributed by atoms with Gasteiger partial charge in [0.05, 0.1) is 6.04 Å². The SMILES string of the molecule is Cc1ccccc1[C@H](NC(=O)COc1ccc(Cl)cc1)c1ccccc1. The van der Waals surface area contributed by atoms with Crippen molar-refractivity contribution in [1.29, 1.82) is 0 Å². The van der Waals surface area contributed by atoms with Gasteiger partial charge in [0.15, 0.2) is 6.61 Å². The van der Waals surface area contributed by atoms with E-state index in [1.165, 1.54) is 0 Å². The predicted molar refractivity (Wildman–Crippen MR) is 105 cm³/mol. The normalized spacial score (nSPS) is 11.6. The molecular weight excluding hydrogens is 346 g/mol. The Balaban J connectivity index is 1.74. The average molecular weight is 366 g/mol. The van der Waals surface area contributed by atoms with Gasteiger partial charge >= 0.3 is 0 Å². The zero-order chi connectivity index (χ0) is 18.4. The summed E-state index contributed by atoms with van der Waals surface area (Å²) < 4.78 is 5.55. The third kappa shape index (κ3) is 4.64. The lowest BCUT2D eigenvalue weighted by Crippen LogP contribution is -2.33. The van der Waals surface area contributed by atoms with E-state index in [9.17, 15) is 4.79 Å². The molecule has 0 aliphatic carbocycles. The summed E-state index contributed by atoms with van der Waals surface area (Å²) in [6, 6.07) is 24.7. The number of hydrogen-bond acceptors (Lipinski definition) is 2. The fourth-order valence-corrected chi connectivity index (χ4v) is 2.91. The van der Waals surface area contributed by atoms with Crippen LogP contribution in [0.2, 0.25) is 5.02 Å². The minimum absolute atomic E-state index is 0.0587. The maximum atomic E-state index is 12.5. The van der Waals surface area contributed by atoms with E-state index in [2.05, 4.69) is 5.32 Å². The Hall–Kier alpha value is -2.78. The number of rotatable bonds is 6. The third-order valence-corrected chi connectivity index (χ3v) is 4.37. The molecule has 1 amide bonds. The topological polar surface area (TPSA) is 38.3 Å².